The Kier molecular flexibility index (Phi) is 2.80. The van der Waals surface area contributed by atoms with Gasteiger partial charge in [0, 0.05) is 35.8 Å². The molecule has 2 aromatic rings. The third-order valence-corrected chi connectivity index (χ3v) is 3.04. The molecule has 0 bridgehead atoms. The number of aryl methyl sites for hydroxylation is 1. The van der Waals surface area contributed by atoms with E-state index in [0.717, 1.165) is 23.2 Å². The summed E-state index contributed by atoms with van der Waals surface area (Å²) in [6, 6.07) is 0. The highest BCUT2D eigenvalue weighted by Crippen LogP contribution is 2.22. The summed E-state index contributed by atoms with van der Waals surface area (Å²) in [7, 11) is 0. The minimum atomic E-state index is 0.00170. The molecule has 0 aliphatic carbocycles. The Morgan fingerprint density at radius 3 is 2.69 bits per heavy atom. The lowest BCUT2D eigenvalue weighted by Crippen LogP contribution is -2.13. The van der Waals surface area contributed by atoms with Crippen molar-refractivity contribution in [2.75, 3.05) is 0 Å². The second kappa shape index (κ2) is 3.97. The van der Waals surface area contributed by atoms with Crippen LogP contribution in [0.2, 0.25) is 0 Å². The van der Waals surface area contributed by atoms with Crippen molar-refractivity contribution in [2.24, 2.45) is 0 Å². The van der Waals surface area contributed by atoms with Crippen molar-refractivity contribution in [2.45, 2.75) is 39.5 Å². The molecule has 2 heterocycles. The second-order valence-corrected chi connectivity index (χ2v) is 5.45. The summed E-state index contributed by atoms with van der Waals surface area (Å²) in [6.45, 7) is 8.44. The van der Waals surface area contributed by atoms with E-state index in [-0.39, 0.29) is 5.41 Å². The van der Waals surface area contributed by atoms with Gasteiger partial charge in [-0.1, -0.05) is 27.7 Å². The quantitative estimate of drug-likeness (QED) is 0.805. The molecule has 0 atom stereocenters. The van der Waals surface area contributed by atoms with Crippen LogP contribution in [0.25, 0.3) is 5.13 Å². The molecule has 0 saturated carbocycles. The van der Waals surface area contributed by atoms with E-state index in [1.807, 2.05) is 10.8 Å². The number of aromatic nitrogens is 4. The van der Waals surface area contributed by atoms with E-state index in [0.29, 0.717) is 0 Å². The molecule has 0 N–H and O–H groups in total. The largest absolute Gasteiger partial charge is 0.278 e. The van der Waals surface area contributed by atoms with Gasteiger partial charge in [0.1, 0.15) is 11.6 Å². The predicted octanol–water partition coefficient (Wildman–Crippen LogP) is 2.58. The van der Waals surface area contributed by atoms with Crippen LogP contribution in [0, 0.1) is 0 Å². The lowest BCUT2D eigenvalue weighted by Gasteiger charge is -2.12. The van der Waals surface area contributed by atoms with Crippen LogP contribution in [-0.2, 0) is 11.8 Å². The fraction of sp³-hybridized carbons (Fsp3) is 0.545. The predicted molar refractivity (Wildman–Crippen MR) is 65.1 cm³/mol. The Labute approximate surface area is 99.5 Å². The van der Waals surface area contributed by atoms with Crippen molar-refractivity contribution in [3.05, 3.63) is 24.0 Å². The maximum Gasteiger partial charge on any atom is 0.214 e. The first-order valence-corrected chi connectivity index (χ1v) is 6.16. The van der Waals surface area contributed by atoms with Crippen molar-refractivity contribution < 1.29 is 0 Å². The van der Waals surface area contributed by atoms with Gasteiger partial charge in [0.05, 0.1) is 0 Å². The van der Waals surface area contributed by atoms with Gasteiger partial charge >= 0.3 is 0 Å². The van der Waals surface area contributed by atoms with E-state index in [1.54, 1.807) is 6.20 Å². The van der Waals surface area contributed by atoms with Gasteiger partial charge in [-0.15, -0.1) is 0 Å². The molecule has 2 rings (SSSR count). The molecule has 0 saturated heterocycles. The summed E-state index contributed by atoms with van der Waals surface area (Å²) in [5, 5.41) is 0.902. The Hall–Kier alpha value is -1.23. The zero-order valence-corrected chi connectivity index (χ0v) is 10.9. The molecule has 0 aromatic carbocycles. The SMILES string of the molecule is CCc1nccn1-c1nc(C(C)(C)C)ns1. The molecule has 4 nitrogen and oxygen atoms in total. The standard InChI is InChI=1S/C11H16N4S/c1-5-8-12-6-7-15(8)10-13-9(14-16-10)11(2,3)4/h6-7H,5H2,1-4H3. The molecule has 0 radical (unpaired) electrons. The van der Waals surface area contributed by atoms with Crippen LogP contribution in [-0.4, -0.2) is 18.9 Å². The molecule has 0 aliphatic rings. The minimum Gasteiger partial charge on any atom is -0.278 e. The summed E-state index contributed by atoms with van der Waals surface area (Å²) >= 11 is 1.43. The molecular weight excluding hydrogens is 220 g/mol. The molecule has 86 valence electrons. The van der Waals surface area contributed by atoms with Crippen LogP contribution in [0.3, 0.4) is 0 Å². The zero-order chi connectivity index (χ0) is 11.8. The van der Waals surface area contributed by atoms with Crippen LogP contribution in [0.1, 0.15) is 39.3 Å². The highest BCUT2D eigenvalue weighted by Gasteiger charge is 2.20. The lowest BCUT2D eigenvalue weighted by molar-refractivity contribution is 0.553. The highest BCUT2D eigenvalue weighted by atomic mass is 32.1. The molecular formula is C11H16N4S. The molecule has 2 aromatic heterocycles. The molecule has 0 unspecified atom stereocenters. The highest BCUT2D eigenvalue weighted by molar-refractivity contribution is 7.08. The van der Waals surface area contributed by atoms with Crippen LogP contribution in [0.4, 0.5) is 0 Å². The van der Waals surface area contributed by atoms with Gasteiger partial charge in [-0.05, 0) is 0 Å². The van der Waals surface area contributed by atoms with E-state index in [9.17, 15) is 0 Å². The fourth-order valence-corrected chi connectivity index (χ4v) is 2.25. The van der Waals surface area contributed by atoms with E-state index in [4.69, 9.17) is 0 Å². The van der Waals surface area contributed by atoms with Gasteiger partial charge in [0.2, 0.25) is 5.13 Å². The van der Waals surface area contributed by atoms with Crippen molar-refractivity contribution in [3.63, 3.8) is 0 Å². The lowest BCUT2D eigenvalue weighted by atomic mass is 9.96. The first-order chi connectivity index (χ1) is 7.52. The van der Waals surface area contributed by atoms with Gasteiger partial charge in [-0.25, -0.2) is 9.97 Å². The summed E-state index contributed by atoms with van der Waals surface area (Å²) in [5.41, 5.74) is 0.00170. The first kappa shape index (κ1) is 11.3. The van der Waals surface area contributed by atoms with Crippen LogP contribution in [0.5, 0.6) is 0 Å². The first-order valence-electron chi connectivity index (χ1n) is 5.39. The Morgan fingerprint density at radius 1 is 1.38 bits per heavy atom. The molecule has 0 spiro atoms. The normalized spacial score (nSPS) is 12.0. The summed E-state index contributed by atoms with van der Waals surface area (Å²) < 4.78 is 6.41. The summed E-state index contributed by atoms with van der Waals surface area (Å²) in [6.07, 6.45) is 4.64. The van der Waals surface area contributed by atoms with Gasteiger partial charge in [-0.3, -0.25) is 4.57 Å². The van der Waals surface area contributed by atoms with Crippen molar-refractivity contribution >= 4 is 11.5 Å². The maximum absolute atomic E-state index is 4.56. The monoisotopic (exact) mass is 236 g/mol. The van der Waals surface area contributed by atoms with Crippen molar-refractivity contribution in [3.8, 4) is 5.13 Å². The van der Waals surface area contributed by atoms with Crippen LogP contribution < -0.4 is 0 Å². The summed E-state index contributed by atoms with van der Waals surface area (Å²) in [5.74, 6) is 1.92. The summed E-state index contributed by atoms with van der Waals surface area (Å²) in [4.78, 5) is 8.85. The number of imidazole rings is 1. The van der Waals surface area contributed by atoms with Crippen molar-refractivity contribution in [1.82, 2.24) is 18.9 Å². The number of hydrogen-bond donors (Lipinski definition) is 0. The van der Waals surface area contributed by atoms with E-state index < -0.39 is 0 Å². The third kappa shape index (κ3) is 2.00. The van der Waals surface area contributed by atoms with Crippen LogP contribution >= 0.6 is 11.5 Å². The second-order valence-electron chi connectivity index (χ2n) is 4.72. The topological polar surface area (TPSA) is 43.6 Å². The molecule has 0 aliphatic heterocycles. The maximum atomic E-state index is 4.56. The van der Waals surface area contributed by atoms with E-state index in [1.165, 1.54) is 11.5 Å². The number of nitrogens with zero attached hydrogens (tertiary/aromatic N) is 4. The number of rotatable bonds is 2. The van der Waals surface area contributed by atoms with Crippen molar-refractivity contribution in [1.29, 1.82) is 0 Å². The average Bonchev–Trinajstić information content (AvgIpc) is 2.84. The smallest absolute Gasteiger partial charge is 0.214 e. The third-order valence-electron chi connectivity index (χ3n) is 2.33. The number of hydrogen-bond acceptors (Lipinski definition) is 4. The molecule has 16 heavy (non-hydrogen) atoms. The Balaban J connectivity index is 2.39. The van der Waals surface area contributed by atoms with Gasteiger partial charge in [0.15, 0.2) is 0 Å². The fourth-order valence-electron chi connectivity index (χ4n) is 1.39. The van der Waals surface area contributed by atoms with Gasteiger partial charge in [0.25, 0.3) is 0 Å². The molecule has 0 fully saturated rings. The van der Waals surface area contributed by atoms with E-state index in [2.05, 4.69) is 42.0 Å². The minimum absolute atomic E-state index is 0.00170. The molecule has 5 heteroatoms. The van der Waals surface area contributed by atoms with E-state index >= 15 is 0 Å². The van der Waals surface area contributed by atoms with Crippen LogP contribution in [0.15, 0.2) is 12.4 Å². The zero-order valence-electron chi connectivity index (χ0n) is 10.1. The Bertz CT molecular complexity index is 478. The molecule has 0 amide bonds. The average molecular weight is 236 g/mol. The Morgan fingerprint density at radius 2 is 2.12 bits per heavy atom. The van der Waals surface area contributed by atoms with Gasteiger partial charge < -0.3 is 0 Å². The van der Waals surface area contributed by atoms with Gasteiger partial charge in [-0.2, -0.15) is 4.37 Å².